The quantitative estimate of drug-likeness (QED) is 0.267. The summed E-state index contributed by atoms with van der Waals surface area (Å²) < 4.78 is 11.3. The number of nitrogens with zero attached hydrogens (tertiary/aromatic N) is 1. The smallest absolute Gasteiger partial charge is 0.249 e. The van der Waals surface area contributed by atoms with Crippen LogP contribution < -0.4 is 20.2 Å². The number of benzene rings is 2. The molecule has 0 aromatic heterocycles. The van der Waals surface area contributed by atoms with E-state index in [1.54, 1.807) is 55.7 Å². The Morgan fingerprint density at radius 1 is 1.18 bits per heavy atom. The SMILES string of the molecule is C=CCOc1ccc(C=NNC(=O)CC(=O)Nc2ccc(OC)cc2)cc1Br. The predicted molar refractivity (Wildman–Crippen MR) is 112 cm³/mol. The van der Waals surface area contributed by atoms with Crippen LogP contribution in [0.25, 0.3) is 0 Å². The Hall–Kier alpha value is -3.13. The molecule has 0 aliphatic rings. The van der Waals surface area contributed by atoms with Crippen molar-refractivity contribution >= 4 is 39.6 Å². The molecule has 2 N–H and O–H groups in total. The van der Waals surface area contributed by atoms with E-state index in [4.69, 9.17) is 9.47 Å². The van der Waals surface area contributed by atoms with Gasteiger partial charge in [0.1, 0.15) is 24.5 Å². The van der Waals surface area contributed by atoms with Gasteiger partial charge in [0.15, 0.2) is 0 Å². The van der Waals surface area contributed by atoms with Crippen molar-refractivity contribution in [2.45, 2.75) is 6.42 Å². The molecule has 0 spiro atoms. The molecule has 2 amide bonds. The molecule has 7 nitrogen and oxygen atoms in total. The van der Waals surface area contributed by atoms with Crippen LogP contribution in [0, 0.1) is 0 Å². The maximum Gasteiger partial charge on any atom is 0.249 e. The Labute approximate surface area is 171 Å². The average Bonchev–Trinajstić information content (AvgIpc) is 2.68. The van der Waals surface area contributed by atoms with E-state index < -0.39 is 11.8 Å². The summed E-state index contributed by atoms with van der Waals surface area (Å²) in [5, 5.41) is 6.49. The van der Waals surface area contributed by atoms with Crippen molar-refractivity contribution in [3.63, 3.8) is 0 Å². The lowest BCUT2D eigenvalue weighted by Crippen LogP contribution is -2.24. The number of carbonyl (C=O) groups is 2. The lowest BCUT2D eigenvalue weighted by molar-refractivity contribution is -0.126. The van der Waals surface area contributed by atoms with Crippen LogP contribution in [0.3, 0.4) is 0 Å². The number of nitrogens with one attached hydrogen (secondary N) is 2. The number of methoxy groups -OCH3 is 1. The van der Waals surface area contributed by atoms with E-state index >= 15 is 0 Å². The Morgan fingerprint density at radius 2 is 1.93 bits per heavy atom. The standard InChI is InChI=1S/C20H20BrN3O4/c1-3-10-28-18-9-4-14(11-17(18)21)13-22-24-20(26)12-19(25)23-15-5-7-16(27-2)8-6-15/h3-9,11,13H,1,10,12H2,2H3,(H,23,25)(H,24,26). The van der Waals surface area contributed by atoms with E-state index in [1.807, 2.05) is 0 Å². The van der Waals surface area contributed by atoms with Gasteiger partial charge in [-0.25, -0.2) is 5.43 Å². The van der Waals surface area contributed by atoms with Crippen molar-refractivity contribution in [2.24, 2.45) is 5.10 Å². The molecule has 8 heteroatoms. The fourth-order valence-electron chi connectivity index (χ4n) is 2.11. The first-order valence-electron chi connectivity index (χ1n) is 8.31. The lowest BCUT2D eigenvalue weighted by Gasteiger charge is -2.06. The number of hydrazone groups is 1. The minimum absolute atomic E-state index is 0.346. The third kappa shape index (κ3) is 6.88. The molecule has 146 valence electrons. The maximum absolute atomic E-state index is 11.9. The van der Waals surface area contributed by atoms with Crippen molar-refractivity contribution in [2.75, 3.05) is 19.0 Å². The highest BCUT2D eigenvalue weighted by Gasteiger charge is 2.09. The third-order valence-corrected chi connectivity index (χ3v) is 4.03. The fourth-order valence-corrected chi connectivity index (χ4v) is 2.62. The molecule has 2 rings (SSSR count). The number of halogens is 1. The first-order chi connectivity index (χ1) is 13.5. The molecular weight excluding hydrogens is 426 g/mol. The van der Waals surface area contributed by atoms with Crippen LogP contribution in [0.5, 0.6) is 11.5 Å². The molecule has 0 saturated carbocycles. The van der Waals surface area contributed by atoms with Crippen molar-refractivity contribution in [1.82, 2.24) is 5.43 Å². The Bertz CT molecular complexity index is 866. The van der Waals surface area contributed by atoms with Crippen LogP contribution in [0.4, 0.5) is 5.69 Å². The maximum atomic E-state index is 11.9. The Kier molecular flexibility index (Phi) is 8.23. The van der Waals surface area contributed by atoms with Crippen LogP contribution >= 0.6 is 15.9 Å². The first-order valence-corrected chi connectivity index (χ1v) is 9.10. The summed E-state index contributed by atoms with van der Waals surface area (Å²) in [4.78, 5) is 23.7. The summed E-state index contributed by atoms with van der Waals surface area (Å²) in [5.74, 6) is 0.393. The van der Waals surface area contributed by atoms with Crippen LogP contribution in [0.2, 0.25) is 0 Å². The van der Waals surface area contributed by atoms with Crippen LogP contribution in [0.15, 0.2) is 64.7 Å². The van der Waals surface area contributed by atoms with E-state index in [9.17, 15) is 9.59 Å². The summed E-state index contributed by atoms with van der Waals surface area (Å²) in [6.45, 7) is 4.00. The van der Waals surface area contributed by atoms with Gasteiger partial charge < -0.3 is 14.8 Å². The Balaban J connectivity index is 1.81. The first kappa shape index (κ1) is 21.2. The Morgan fingerprint density at radius 3 is 2.57 bits per heavy atom. The van der Waals surface area contributed by atoms with Crippen LogP contribution in [-0.4, -0.2) is 31.7 Å². The van der Waals surface area contributed by atoms with Gasteiger partial charge in [0.25, 0.3) is 0 Å². The highest BCUT2D eigenvalue weighted by atomic mass is 79.9. The molecule has 0 bridgehead atoms. The van der Waals surface area contributed by atoms with Gasteiger partial charge in [-0.2, -0.15) is 5.10 Å². The monoisotopic (exact) mass is 445 g/mol. The second kappa shape index (κ2) is 10.9. The molecule has 0 saturated heterocycles. The summed E-state index contributed by atoms with van der Waals surface area (Å²) in [5.41, 5.74) is 3.65. The van der Waals surface area contributed by atoms with Crippen LogP contribution in [-0.2, 0) is 9.59 Å². The molecule has 28 heavy (non-hydrogen) atoms. The zero-order valence-electron chi connectivity index (χ0n) is 15.3. The second-order valence-electron chi connectivity index (χ2n) is 5.54. The number of amides is 2. The molecular formula is C20H20BrN3O4. The van der Waals surface area contributed by atoms with Gasteiger partial charge >= 0.3 is 0 Å². The van der Waals surface area contributed by atoms with Gasteiger partial charge in [0, 0.05) is 5.69 Å². The molecule has 0 unspecified atom stereocenters. The molecule has 2 aromatic rings. The van der Waals surface area contributed by atoms with E-state index in [0.717, 1.165) is 10.0 Å². The van der Waals surface area contributed by atoms with Gasteiger partial charge in [0.05, 0.1) is 17.8 Å². The highest BCUT2D eigenvalue weighted by Crippen LogP contribution is 2.25. The molecule has 0 heterocycles. The van der Waals surface area contributed by atoms with Gasteiger partial charge in [-0.1, -0.05) is 12.7 Å². The van der Waals surface area contributed by atoms with E-state index in [2.05, 4.69) is 38.4 Å². The fraction of sp³-hybridized carbons (Fsp3) is 0.150. The van der Waals surface area contributed by atoms with Crippen molar-refractivity contribution in [1.29, 1.82) is 0 Å². The number of anilines is 1. The molecule has 0 atom stereocenters. The minimum atomic E-state index is -0.521. The molecule has 0 radical (unpaired) electrons. The van der Waals surface area contributed by atoms with Gasteiger partial charge in [0.2, 0.25) is 11.8 Å². The topological polar surface area (TPSA) is 89.0 Å². The van der Waals surface area contributed by atoms with Crippen molar-refractivity contribution < 1.29 is 19.1 Å². The molecule has 0 aliphatic heterocycles. The van der Waals surface area contributed by atoms with Gasteiger partial charge in [-0.05, 0) is 64.0 Å². The zero-order chi connectivity index (χ0) is 20.4. The normalized spacial score (nSPS) is 10.4. The second-order valence-corrected chi connectivity index (χ2v) is 6.39. The van der Waals surface area contributed by atoms with Gasteiger partial charge in [-0.15, -0.1) is 0 Å². The third-order valence-electron chi connectivity index (χ3n) is 3.41. The number of rotatable bonds is 9. The summed E-state index contributed by atoms with van der Waals surface area (Å²) in [6, 6.07) is 12.2. The molecule has 0 aliphatic carbocycles. The van der Waals surface area contributed by atoms with E-state index in [0.29, 0.717) is 23.8 Å². The average molecular weight is 446 g/mol. The van der Waals surface area contributed by atoms with E-state index in [1.165, 1.54) is 6.21 Å². The van der Waals surface area contributed by atoms with E-state index in [-0.39, 0.29) is 6.42 Å². The van der Waals surface area contributed by atoms with Crippen molar-refractivity contribution in [3.05, 3.63) is 65.2 Å². The molecule has 2 aromatic carbocycles. The highest BCUT2D eigenvalue weighted by molar-refractivity contribution is 9.10. The number of ether oxygens (including phenoxy) is 2. The minimum Gasteiger partial charge on any atom is -0.497 e. The predicted octanol–water partition coefficient (Wildman–Crippen LogP) is 3.50. The number of hydrogen-bond donors (Lipinski definition) is 2. The molecule has 0 fully saturated rings. The zero-order valence-corrected chi connectivity index (χ0v) is 16.9. The number of carbonyl (C=O) groups excluding carboxylic acids is 2. The lowest BCUT2D eigenvalue weighted by atomic mass is 10.2. The van der Waals surface area contributed by atoms with Gasteiger partial charge in [-0.3, -0.25) is 9.59 Å². The summed E-state index contributed by atoms with van der Waals surface area (Å²) in [7, 11) is 1.56. The summed E-state index contributed by atoms with van der Waals surface area (Å²) >= 11 is 3.40. The summed E-state index contributed by atoms with van der Waals surface area (Å²) in [6.07, 6.45) is 2.78. The largest absolute Gasteiger partial charge is 0.497 e. The van der Waals surface area contributed by atoms with Crippen molar-refractivity contribution in [3.8, 4) is 11.5 Å². The number of hydrogen-bond acceptors (Lipinski definition) is 5. The van der Waals surface area contributed by atoms with Crippen LogP contribution in [0.1, 0.15) is 12.0 Å².